The van der Waals surface area contributed by atoms with E-state index in [4.69, 9.17) is 0 Å². The highest BCUT2D eigenvalue weighted by Gasteiger charge is 2.07. The molecule has 0 unspecified atom stereocenters. The molecular formula is C13H14F2N2S. The van der Waals surface area contributed by atoms with Gasteiger partial charge in [0.1, 0.15) is 11.6 Å². The molecule has 1 aromatic carbocycles. The topological polar surface area (TPSA) is 24.9 Å². The molecular weight excluding hydrogens is 254 g/mol. The summed E-state index contributed by atoms with van der Waals surface area (Å²) >= 11 is 1.58. The third-order valence-electron chi connectivity index (χ3n) is 2.61. The molecule has 0 saturated heterocycles. The lowest BCUT2D eigenvalue weighted by atomic mass is 10.2. The van der Waals surface area contributed by atoms with Crippen LogP contribution < -0.4 is 5.32 Å². The van der Waals surface area contributed by atoms with Gasteiger partial charge in [0.25, 0.3) is 0 Å². The van der Waals surface area contributed by atoms with Gasteiger partial charge < -0.3 is 5.32 Å². The number of hydrogen-bond acceptors (Lipinski definition) is 3. The Kier molecular flexibility index (Phi) is 3.91. The van der Waals surface area contributed by atoms with Crippen LogP contribution in [0, 0.1) is 18.6 Å². The van der Waals surface area contributed by atoms with Crippen molar-refractivity contribution in [2.75, 3.05) is 5.32 Å². The Morgan fingerprint density at radius 1 is 1.28 bits per heavy atom. The minimum absolute atomic E-state index is 0.171. The maximum Gasteiger partial charge on any atom is 0.146 e. The van der Waals surface area contributed by atoms with Gasteiger partial charge in [-0.05, 0) is 25.0 Å². The average Bonchev–Trinajstić information content (AvgIpc) is 2.80. The normalized spacial score (nSPS) is 10.7. The first-order valence-corrected chi connectivity index (χ1v) is 6.61. The number of hydrogen-bond donors (Lipinski definition) is 1. The van der Waals surface area contributed by atoms with Crippen LogP contribution in [0.2, 0.25) is 0 Å². The highest BCUT2D eigenvalue weighted by molar-refractivity contribution is 7.09. The summed E-state index contributed by atoms with van der Waals surface area (Å²) < 4.78 is 26.9. The number of aryl methyl sites for hydroxylation is 2. The number of nitrogens with one attached hydrogen (secondary N) is 1. The fraction of sp³-hybridized carbons (Fsp3) is 0.308. The maximum atomic E-state index is 13.6. The van der Waals surface area contributed by atoms with Crippen LogP contribution in [0.15, 0.2) is 17.5 Å². The molecule has 5 heteroatoms. The van der Waals surface area contributed by atoms with E-state index >= 15 is 0 Å². The summed E-state index contributed by atoms with van der Waals surface area (Å²) in [6, 6.07) is 2.37. The molecule has 0 atom stereocenters. The van der Waals surface area contributed by atoms with Gasteiger partial charge in [-0.25, -0.2) is 13.8 Å². The quantitative estimate of drug-likeness (QED) is 0.909. The number of benzene rings is 1. The number of anilines is 1. The Balaban J connectivity index is 2.08. The highest BCUT2D eigenvalue weighted by atomic mass is 32.1. The van der Waals surface area contributed by atoms with Crippen molar-refractivity contribution in [1.82, 2.24) is 4.98 Å². The van der Waals surface area contributed by atoms with Crippen molar-refractivity contribution >= 4 is 17.0 Å². The SMILES string of the molecule is CCc1nc(CNc2cc(F)c(C)cc2F)cs1. The second-order valence-electron chi connectivity index (χ2n) is 4.02. The summed E-state index contributed by atoms with van der Waals surface area (Å²) in [5.41, 5.74) is 1.32. The van der Waals surface area contributed by atoms with Crippen LogP contribution in [0.4, 0.5) is 14.5 Å². The number of rotatable bonds is 4. The molecule has 0 amide bonds. The Morgan fingerprint density at radius 2 is 2.06 bits per heavy atom. The maximum absolute atomic E-state index is 13.6. The summed E-state index contributed by atoms with van der Waals surface area (Å²) in [5, 5.41) is 5.83. The minimum atomic E-state index is -0.445. The van der Waals surface area contributed by atoms with Crippen molar-refractivity contribution in [1.29, 1.82) is 0 Å². The Morgan fingerprint density at radius 3 is 2.72 bits per heavy atom. The van der Waals surface area contributed by atoms with Crippen molar-refractivity contribution in [2.24, 2.45) is 0 Å². The van der Waals surface area contributed by atoms with Crippen molar-refractivity contribution in [3.05, 3.63) is 45.4 Å². The fourth-order valence-electron chi connectivity index (χ4n) is 1.56. The summed E-state index contributed by atoms with van der Waals surface area (Å²) in [4.78, 5) is 4.35. The zero-order valence-electron chi connectivity index (χ0n) is 10.3. The predicted octanol–water partition coefficient (Wildman–Crippen LogP) is 3.90. The standard InChI is InChI=1S/C13H14F2N2S/c1-3-13-17-9(7-18-13)6-16-12-5-10(14)8(2)4-11(12)15/h4-5,7,16H,3,6H2,1-2H3. The van der Waals surface area contributed by atoms with E-state index in [2.05, 4.69) is 10.3 Å². The fourth-order valence-corrected chi connectivity index (χ4v) is 2.30. The van der Waals surface area contributed by atoms with Gasteiger partial charge in [0, 0.05) is 11.4 Å². The first-order valence-electron chi connectivity index (χ1n) is 5.73. The van der Waals surface area contributed by atoms with Gasteiger partial charge in [-0.2, -0.15) is 0 Å². The first kappa shape index (κ1) is 13.0. The molecule has 0 radical (unpaired) electrons. The summed E-state index contributed by atoms with van der Waals surface area (Å²) in [5.74, 6) is -0.855. The number of nitrogens with zero attached hydrogens (tertiary/aromatic N) is 1. The van der Waals surface area contributed by atoms with Crippen LogP contribution in [0.3, 0.4) is 0 Å². The number of thiazole rings is 1. The van der Waals surface area contributed by atoms with Crippen LogP contribution in [-0.2, 0) is 13.0 Å². The van der Waals surface area contributed by atoms with Gasteiger partial charge in [-0.3, -0.25) is 0 Å². The summed E-state index contributed by atoms with van der Waals surface area (Å²) in [6.07, 6.45) is 0.887. The Labute approximate surface area is 109 Å². The Bertz CT molecular complexity index is 552. The lowest BCUT2D eigenvalue weighted by Crippen LogP contribution is -2.03. The van der Waals surface area contributed by atoms with Gasteiger partial charge in [0.2, 0.25) is 0 Å². The zero-order chi connectivity index (χ0) is 13.1. The van der Waals surface area contributed by atoms with E-state index in [9.17, 15) is 8.78 Å². The van der Waals surface area contributed by atoms with Crippen LogP contribution in [-0.4, -0.2) is 4.98 Å². The molecule has 0 bridgehead atoms. The largest absolute Gasteiger partial charge is 0.377 e. The summed E-state index contributed by atoms with van der Waals surface area (Å²) in [6.45, 7) is 3.97. The lowest BCUT2D eigenvalue weighted by Gasteiger charge is -2.07. The molecule has 0 aliphatic rings. The molecule has 2 rings (SSSR count). The second kappa shape index (κ2) is 5.44. The molecule has 1 N–H and O–H groups in total. The molecule has 0 fully saturated rings. The van der Waals surface area contributed by atoms with Crippen LogP contribution in [0.1, 0.15) is 23.2 Å². The summed E-state index contributed by atoms with van der Waals surface area (Å²) in [7, 11) is 0. The van der Waals surface area contributed by atoms with E-state index in [1.54, 1.807) is 11.3 Å². The van der Waals surface area contributed by atoms with E-state index < -0.39 is 11.6 Å². The highest BCUT2D eigenvalue weighted by Crippen LogP contribution is 2.20. The van der Waals surface area contributed by atoms with Gasteiger partial charge in [-0.1, -0.05) is 6.92 Å². The third-order valence-corrected chi connectivity index (χ3v) is 3.65. The number of aromatic nitrogens is 1. The van der Waals surface area contributed by atoms with Crippen LogP contribution in [0.25, 0.3) is 0 Å². The lowest BCUT2D eigenvalue weighted by molar-refractivity contribution is 0.594. The molecule has 2 nitrogen and oxygen atoms in total. The Hall–Kier alpha value is -1.49. The van der Waals surface area contributed by atoms with E-state index in [-0.39, 0.29) is 5.69 Å². The number of halogens is 2. The smallest absolute Gasteiger partial charge is 0.146 e. The second-order valence-corrected chi connectivity index (χ2v) is 4.96. The van der Waals surface area contributed by atoms with Crippen molar-refractivity contribution in [2.45, 2.75) is 26.8 Å². The third kappa shape index (κ3) is 2.85. The van der Waals surface area contributed by atoms with Gasteiger partial charge in [0.05, 0.1) is 22.9 Å². The molecule has 1 aromatic heterocycles. The monoisotopic (exact) mass is 268 g/mol. The minimum Gasteiger partial charge on any atom is -0.377 e. The first-order chi connectivity index (χ1) is 8.60. The van der Waals surface area contributed by atoms with Gasteiger partial charge >= 0.3 is 0 Å². The molecule has 0 aliphatic carbocycles. The predicted molar refractivity (Wildman–Crippen MR) is 69.9 cm³/mol. The average molecular weight is 268 g/mol. The molecule has 18 heavy (non-hydrogen) atoms. The van der Waals surface area contributed by atoms with Gasteiger partial charge in [-0.15, -0.1) is 11.3 Å². The molecule has 1 heterocycles. The molecule has 0 aliphatic heterocycles. The van der Waals surface area contributed by atoms with Gasteiger partial charge in [0.15, 0.2) is 0 Å². The van der Waals surface area contributed by atoms with E-state index in [0.29, 0.717) is 12.1 Å². The van der Waals surface area contributed by atoms with Crippen molar-refractivity contribution < 1.29 is 8.78 Å². The van der Waals surface area contributed by atoms with E-state index in [1.165, 1.54) is 19.1 Å². The van der Waals surface area contributed by atoms with Crippen molar-refractivity contribution in [3.8, 4) is 0 Å². The van der Waals surface area contributed by atoms with Crippen LogP contribution >= 0.6 is 11.3 Å². The van der Waals surface area contributed by atoms with E-state index in [1.807, 2.05) is 12.3 Å². The van der Waals surface area contributed by atoms with Crippen LogP contribution in [0.5, 0.6) is 0 Å². The molecule has 0 saturated carbocycles. The molecule has 96 valence electrons. The molecule has 0 spiro atoms. The zero-order valence-corrected chi connectivity index (χ0v) is 11.1. The van der Waals surface area contributed by atoms with Crippen molar-refractivity contribution in [3.63, 3.8) is 0 Å². The van der Waals surface area contributed by atoms with E-state index in [0.717, 1.165) is 17.1 Å². The molecule has 2 aromatic rings.